The van der Waals surface area contributed by atoms with Gasteiger partial charge >= 0.3 is 5.97 Å². The van der Waals surface area contributed by atoms with Crippen LogP contribution in [0.15, 0.2) is 30.3 Å². The highest BCUT2D eigenvalue weighted by Crippen LogP contribution is 2.28. The largest absolute Gasteiger partial charge is 0.478 e. The van der Waals surface area contributed by atoms with Gasteiger partial charge in [-0.2, -0.15) is 0 Å². The zero-order valence-corrected chi connectivity index (χ0v) is 12.1. The predicted octanol–water partition coefficient (Wildman–Crippen LogP) is 4.27. The number of aromatic carboxylic acids is 1. The maximum absolute atomic E-state index is 13.8. The number of nitrogens with zero attached hydrogens (tertiary/aromatic N) is 1. The summed E-state index contributed by atoms with van der Waals surface area (Å²) in [4.78, 5) is 15.4. The minimum atomic E-state index is -1.06. The molecule has 0 aliphatic heterocycles. The van der Waals surface area contributed by atoms with Gasteiger partial charge in [-0.3, -0.25) is 0 Å². The van der Waals surface area contributed by atoms with Crippen molar-refractivity contribution in [2.45, 2.75) is 19.8 Å². The van der Waals surface area contributed by atoms with E-state index in [1.54, 1.807) is 6.07 Å². The Bertz CT molecular complexity index is 656. The molecule has 0 radical (unpaired) electrons. The van der Waals surface area contributed by atoms with Crippen molar-refractivity contribution in [2.24, 2.45) is 0 Å². The van der Waals surface area contributed by atoms with E-state index in [-0.39, 0.29) is 22.1 Å². The van der Waals surface area contributed by atoms with Gasteiger partial charge in [-0.25, -0.2) is 14.2 Å². The second-order valence-corrected chi connectivity index (χ2v) is 4.92. The summed E-state index contributed by atoms with van der Waals surface area (Å²) >= 11 is 5.94. The summed E-state index contributed by atoms with van der Waals surface area (Å²) in [5, 5.41) is 12.1. The van der Waals surface area contributed by atoms with Crippen LogP contribution in [-0.4, -0.2) is 16.1 Å². The van der Waals surface area contributed by atoms with Crippen molar-refractivity contribution >= 4 is 29.1 Å². The third-order valence-corrected chi connectivity index (χ3v) is 3.16. The fourth-order valence-corrected chi connectivity index (χ4v) is 2.12. The van der Waals surface area contributed by atoms with E-state index in [0.717, 1.165) is 6.42 Å². The van der Waals surface area contributed by atoms with Crippen LogP contribution in [0.2, 0.25) is 5.02 Å². The van der Waals surface area contributed by atoms with Gasteiger partial charge in [-0.1, -0.05) is 31.0 Å². The van der Waals surface area contributed by atoms with Crippen LogP contribution in [0.5, 0.6) is 0 Å². The molecule has 0 aliphatic carbocycles. The minimum absolute atomic E-state index is 0.0802. The number of nitrogens with one attached hydrogen (secondary N) is 1. The van der Waals surface area contributed by atoms with E-state index in [4.69, 9.17) is 16.7 Å². The SMILES string of the molecule is CCCc1cc(C(=O)O)cc(Nc2c(F)cccc2Cl)n1. The first kappa shape index (κ1) is 15.3. The fourth-order valence-electron chi connectivity index (χ4n) is 1.90. The molecular formula is C15H14ClFN2O2. The Hall–Kier alpha value is -2.14. The number of carboxylic acid groups (broad SMARTS) is 1. The Morgan fingerprint density at radius 3 is 2.81 bits per heavy atom. The number of aromatic nitrogens is 1. The number of carbonyl (C=O) groups is 1. The zero-order valence-electron chi connectivity index (χ0n) is 11.4. The molecule has 0 spiro atoms. The lowest BCUT2D eigenvalue weighted by Crippen LogP contribution is -2.04. The van der Waals surface area contributed by atoms with Gasteiger partial charge in [0.15, 0.2) is 0 Å². The summed E-state index contributed by atoms with van der Waals surface area (Å²) < 4.78 is 13.8. The molecule has 0 bridgehead atoms. The number of carboxylic acids is 1. The standard InChI is InChI=1S/C15H14ClFN2O2/c1-2-4-10-7-9(15(20)21)8-13(18-10)19-14-11(16)5-3-6-12(14)17/h3,5-8H,2,4H2,1H3,(H,18,19)(H,20,21). The predicted molar refractivity (Wildman–Crippen MR) is 79.9 cm³/mol. The fraction of sp³-hybridized carbons (Fsp3) is 0.200. The van der Waals surface area contributed by atoms with Gasteiger partial charge in [0.2, 0.25) is 0 Å². The molecule has 6 heteroatoms. The van der Waals surface area contributed by atoms with Crippen molar-refractivity contribution in [1.29, 1.82) is 0 Å². The number of rotatable bonds is 5. The average molecular weight is 309 g/mol. The van der Waals surface area contributed by atoms with Crippen LogP contribution in [0.4, 0.5) is 15.9 Å². The number of para-hydroxylation sites is 1. The van der Waals surface area contributed by atoms with Crippen LogP contribution in [0.1, 0.15) is 29.4 Å². The average Bonchev–Trinajstić information content (AvgIpc) is 2.43. The highest BCUT2D eigenvalue weighted by molar-refractivity contribution is 6.33. The van der Waals surface area contributed by atoms with Crippen molar-refractivity contribution in [3.05, 3.63) is 52.4 Å². The minimum Gasteiger partial charge on any atom is -0.478 e. The molecule has 1 aromatic heterocycles. The maximum Gasteiger partial charge on any atom is 0.335 e. The van der Waals surface area contributed by atoms with Crippen molar-refractivity contribution < 1.29 is 14.3 Å². The Morgan fingerprint density at radius 2 is 2.19 bits per heavy atom. The summed E-state index contributed by atoms with van der Waals surface area (Å²) in [6.07, 6.45) is 1.47. The molecule has 2 rings (SSSR count). The summed E-state index contributed by atoms with van der Waals surface area (Å²) in [5.74, 6) is -1.33. The normalized spacial score (nSPS) is 10.4. The van der Waals surface area contributed by atoms with Crippen molar-refractivity contribution in [3.8, 4) is 0 Å². The van der Waals surface area contributed by atoms with E-state index in [0.29, 0.717) is 12.1 Å². The Balaban J connectivity index is 2.41. The van der Waals surface area contributed by atoms with E-state index < -0.39 is 11.8 Å². The second kappa shape index (κ2) is 6.54. The molecule has 0 aliphatic rings. The number of anilines is 2. The van der Waals surface area contributed by atoms with Gasteiger partial charge in [-0.15, -0.1) is 0 Å². The van der Waals surface area contributed by atoms with E-state index in [9.17, 15) is 9.18 Å². The van der Waals surface area contributed by atoms with Crippen LogP contribution in [-0.2, 0) is 6.42 Å². The van der Waals surface area contributed by atoms with Crippen LogP contribution >= 0.6 is 11.6 Å². The van der Waals surface area contributed by atoms with Crippen LogP contribution in [0.3, 0.4) is 0 Å². The third kappa shape index (κ3) is 3.70. The van der Waals surface area contributed by atoms with E-state index in [1.165, 1.54) is 24.3 Å². The van der Waals surface area contributed by atoms with Gasteiger partial charge in [0.05, 0.1) is 16.3 Å². The summed E-state index contributed by atoms with van der Waals surface area (Å²) in [7, 11) is 0. The first-order valence-corrected chi connectivity index (χ1v) is 6.84. The highest BCUT2D eigenvalue weighted by Gasteiger charge is 2.12. The molecule has 0 unspecified atom stereocenters. The lowest BCUT2D eigenvalue weighted by molar-refractivity contribution is 0.0696. The summed E-state index contributed by atoms with van der Waals surface area (Å²) in [6.45, 7) is 1.97. The molecule has 21 heavy (non-hydrogen) atoms. The van der Waals surface area contributed by atoms with Crippen LogP contribution < -0.4 is 5.32 Å². The number of halogens is 2. The molecule has 1 heterocycles. The molecule has 0 saturated carbocycles. The van der Waals surface area contributed by atoms with Crippen LogP contribution in [0, 0.1) is 5.82 Å². The van der Waals surface area contributed by atoms with E-state index in [2.05, 4.69) is 10.3 Å². The molecule has 110 valence electrons. The molecular weight excluding hydrogens is 295 g/mol. The third-order valence-electron chi connectivity index (χ3n) is 2.85. The van der Waals surface area contributed by atoms with Gasteiger partial charge < -0.3 is 10.4 Å². The Kier molecular flexibility index (Phi) is 4.75. The lowest BCUT2D eigenvalue weighted by Gasteiger charge is -2.11. The molecule has 2 aromatic rings. The Labute approximate surface area is 126 Å². The summed E-state index contributed by atoms with van der Waals surface area (Å²) in [6, 6.07) is 7.17. The molecule has 0 fully saturated rings. The second-order valence-electron chi connectivity index (χ2n) is 4.51. The molecule has 0 amide bonds. The topological polar surface area (TPSA) is 62.2 Å². The first-order valence-electron chi connectivity index (χ1n) is 6.46. The molecule has 0 atom stereocenters. The van der Waals surface area contributed by atoms with Crippen LogP contribution in [0.25, 0.3) is 0 Å². The van der Waals surface area contributed by atoms with Crippen molar-refractivity contribution in [3.63, 3.8) is 0 Å². The monoisotopic (exact) mass is 308 g/mol. The van der Waals surface area contributed by atoms with Gasteiger partial charge in [-0.05, 0) is 30.7 Å². The number of pyridine rings is 1. The highest BCUT2D eigenvalue weighted by atomic mass is 35.5. The van der Waals surface area contributed by atoms with Crippen molar-refractivity contribution in [2.75, 3.05) is 5.32 Å². The maximum atomic E-state index is 13.8. The Morgan fingerprint density at radius 1 is 1.43 bits per heavy atom. The van der Waals surface area contributed by atoms with Crippen molar-refractivity contribution in [1.82, 2.24) is 4.98 Å². The first-order chi connectivity index (χ1) is 10.0. The smallest absolute Gasteiger partial charge is 0.335 e. The molecule has 4 nitrogen and oxygen atoms in total. The molecule has 0 saturated heterocycles. The van der Waals surface area contributed by atoms with E-state index >= 15 is 0 Å². The zero-order chi connectivity index (χ0) is 15.4. The summed E-state index contributed by atoms with van der Waals surface area (Å²) in [5.41, 5.74) is 0.812. The number of aryl methyl sites for hydroxylation is 1. The lowest BCUT2D eigenvalue weighted by atomic mass is 10.1. The molecule has 1 aromatic carbocycles. The quantitative estimate of drug-likeness (QED) is 0.866. The molecule has 2 N–H and O–H groups in total. The van der Waals surface area contributed by atoms with E-state index in [1.807, 2.05) is 6.92 Å². The van der Waals surface area contributed by atoms with Gasteiger partial charge in [0.1, 0.15) is 11.6 Å². The van der Waals surface area contributed by atoms with Gasteiger partial charge in [0, 0.05) is 5.69 Å². The number of hydrogen-bond acceptors (Lipinski definition) is 3. The van der Waals surface area contributed by atoms with Gasteiger partial charge in [0.25, 0.3) is 0 Å². The number of hydrogen-bond donors (Lipinski definition) is 2. The number of benzene rings is 1.